The number of hydrogen-bond acceptors (Lipinski definition) is 7. The average Bonchev–Trinajstić information content (AvgIpc) is 3.24. The number of fused-ring (bicyclic) bond motifs is 1. The Morgan fingerprint density at radius 1 is 1.06 bits per heavy atom. The number of amides is 1. The molecule has 0 saturated heterocycles. The topological polar surface area (TPSA) is 113 Å². The summed E-state index contributed by atoms with van der Waals surface area (Å²) in [6.45, 7) is 2.61. The first kappa shape index (κ1) is 23.5. The lowest BCUT2D eigenvalue weighted by molar-refractivity contribution is 0.0131. The number of benzene rings is 2. The van der Waals surface area contributed by atoms with E-state index in [-0.39, 0.29) is 11.9 Å². The molecular formula is C27H29N7O2. The summed E-state index contributed by atoms with van der Waals surface area (Å²) in [7, 11) is 1.57. The smallest absolute Gasteiger partial charge is 0.264 e. The molecule has 0 radical (unpaired) electrons. The quantitative estimate of drug-likeness (QED) is 0.370. The molecule has 4 aromatic rings. The van der Waals surface area contributed by atoms with Gasteiger partial charge in [-0.3, -0.25) is 14.7 Å². The highest BCUT2D eigenvalue weighted by Crippen LogP contribution is 2.36. The molecule has 5 rings (SSSR count). The molecule has 0 spiro atoms. The van der Waals surface area contributed by atoms with Crippen molar-refractivity contribution < 1.29 is 9.90 Å². The average molecular weight is 484 g/mol. The number of pyridine rings is 1. The van der Waals surface area contributed by atoms with Crippen molar-refractivity contribution >= 4 is 23.2 Å². The minimum absolute atomic E-state index is 0.232. The number of para-hydroxylation sites is 1. The maximum Gasteiger partial charge on any atom is 0.264 e. The molecule has 1 aliphatic rings. The molecule has 3 heterocycles. The third-order valence-corrected chi connectivity index (χ3v) is 6.13. The third-order valence-electron chi connectivity index (χ3n) is 6.13. The van der Waals surface area contributed by atoms with Gasteiger partial charge < -0.3 is 21.1 Å². The molecule has 1 aliphatic heterocycles. The summed E-state index contributed by atoms with van der Waals surface area (Å²) in [6.07, 6.45) is 0.622. The van der Waals surface area contributed by atoms with Gasteiger partial charge >= 0.3 is 0 Å². The van der Waals surface area contributed by atoms with Gasteiger partial charge in [0.25, 0.3) is 5.91 Å². The van der Waals surface area contributed by atoms with E-state index in [4.69, 9.17) is 10.8 Å². The first-order valence-corrected chi connectivity index (χ1v) is 11.8. The molecule has 0 saturated carbocycles. The van der Waals surface area contributed by atoms with Gasteiger partial charge in [-0.15, -0.1) is 0 Å². The van der Waals surface area contributed by atoms with Gasteiger partial charge in [-0.25, -0.2) is 4.68 Å². The predicted molar refractivity (Wildman–Crippen MR) is 140 cm³/mol. The van der Waals surface area contributed by atoms with Crippen molar-refractivity contribution in [3.8, 4) is 11.3 Å². The van der Waals surface area contributed by atoms with Crippen molar-refractivity contribution in [3.05, 3.63) is 90.1 Å². The molecule has 0 bridgehead atoms. The minimum Gasteiger partial charge on any atom is -0.356 e. The number of aliphatic hydroxyl groups excluding tert-OH is 1. The van der Waals surface area contributed by atoms with E-state index in [0.717, 1.165) is 22.5 Å². The number of anilines is 3. The number of hydrogen-bond donors (Lipinski definition) is 3. The Kier molecular flexibility index (Phi) is 6.41. The molecule has 184 valence electrons. The molecule has 0 aliphatic carbocycles. The monoisotopic (exact) mass is 483 g/mol. The molecule has 2 unspecified atom stereocenters. The molecule has 2 aromatic heterocycles. The second kappa shape index (κ2) is 9.80. The molecule has 36 heavy (non-hydrogen) atoms. The molecule has 9 nitrogen and oxygen atoms in total. The normalized spacial score (nSPS) is 16.1. The summed E-state index contributed by atoms with van der Waals surface area (Å²) in [4.78, 5) is 20.7. The lowest BCUT2D eigenvalue weighted by Gasteiger charge is -2.39. The fraction of sp³-hybridized carbons (Fsp3) is 0.222. The Morgan fingerprint density at radius 2 is 1.78 bits per heavy atom. The Labute approximate surface area is 209 Å². The van der Waals surface area contributed by atoms with Crippen molar-refractivity contribution in [2.45, 2.75) is 25.9 Å². The number of aromatic nitrogens is 3. The van der Waals surface area contributed by atoms with E-state index in [9.17, 15) is 9.90 Å². The summed E-state index contributed by atoms with van der Waals surface area (Å²) in [5.74, 6) is 0.656. The van der Waals surface area contributed by atoms with Crippen LogP contribution in [0.25, 0.3) is 11.3 Å². The number of nitrogens with two attached hydrogens (primary N) is 1. The molecule has 1 amide bonds. The van der Waals surface area contributed by atoms with Gasteiger partial charge in [-0.05, 0) is 36.8 Å². The number of rotatable bonds is 7. The molecule has 9 heteroatoms. The van der Waals surface area contributed by atoms with E-state index in [1.165, 1.54) is 4.90 Å². The molecule has 4 N–H and O–H groups in total. The Morgan fingerprint density at radius 3 is 2.44 bits per heavy atom. The highest BCUT2D eigenvalue weighted by atomic mass is 16.3. The van der Waals surface area contributed by atoms with Crippen LogP contribution in [-0.4, -0.2) is 56.7 Å². The maximum absolute atomic E-state index is 13.3. The van der Waals surface area contributed by atoms with Crippen LogP contribution in [0.4, 0.5) is 17.3 Å². The third kappa shape index (κ3) is 4.53. The van der Waals surface area contributed by atoms with E-state index in [2.05, 4.69) is 10.3 Å². The highest BCUT2D eigenvalue weighted by Gasteiger charge is 2.40. The summed E-state index contributed by atoms with van der Waals surface area (Å²) < 4.78 is 1.77. The van der Waals surface area contributed by atoms with Crippen LogP contribution in [0.1, 0.15) is 22.8 Å². The van der Waals surface area contributed by atoms with Crippen molar-refractivity contribution in [3.63, 3.8) is 0 Å². The maximum atomic E-state index is 13.3. The van der Waals surface area contributed by atoms with Gasteiger partial charge in [0.15, 0.2) is 5.82 Å². The van der Waals surface area contributed by atoms with E-state index < -0.39 is 6.35 Å². The van der Waals surface area contributed by atoms with Crippen molar-refractivity contribution in [2.24, 2.45) is 5.73 Å². The molecule has 0 fully saturated rings. The van der Waals surface area contributed by atoms with Crippen molar-refractivity contribution in [1.82, 2.24) is 19.7 Å². The van der Waals surface area contributed by atoms with Gasteiger partial charge in [0.2, 0.25) is 6.35 Å². The van der Waals surface area contributed by atoms with Crippen LogP contribution >= 0.6 is 0 Å². The van der Waals surface area contributed by atoms with Crippen molar-refractivity contribution in [1.29, 1.82) is 0 Å². The fourth-order valence-electron chi connectivity index (χ4n) is 4.32. The minimum atomic E-state index is -1.15. The SMILES string of the molecule is CC(N)CN1c2nn(Cc3ccc(-c4ccccn4)cc3)c(Nc3ccccc3)c2C(=O)N(C)C1O. The predicted octanol–water partition coefficient (Wildman–Crippen LogP) is 3.25. The summed E-state index contributed by atoms with van der Waals surface area (Å²) >= 11 is 0. The van der Waals surface area contributed by atoms with Crippen LogP contribution in [0.15, 0.2) is 79.0 Å². The van der Waals surface area contributed by atoms with Gasteiger partial charge in [0, 0.05) is 37.1 Å². The standard InChI is InChI=1S/C27H29N7O2/c1-18(28)16-33-25-23(26(35)32(2)27(33)36)24(30-21-8-4-3-5-9-21)34(31-25)17-19-11-13-20(14-12-19)22-10-6-7-15-29-22/h3-15,18,27,30,36H,16-17,28H2,1-2H3. The zero-order valence-electron chi connectivity index (χ0n) is 20.2. The van der Waals surface area contributed by atoms with E-state index in [1.54, 1.807) is 22.8 Å². The van der Waals surface area contributed by atoms with Crippen LogP contribution in [0.2, 0.25) is 0 Å². The number of carbonyl (C=O) groups is 1. The Balaban J connectivity index is 1.55. The fourth-order valence-corrected chi connectivity index (χ4v) is 4.32. The van der Waals surface area contributed by atoms with Gasteiger partial charge in [0.1, 0.15) is 11.4 Å². The van der Waals surface area contributed by atoms with Crippen LogP contribution in [0, 0.1) is 0 Å². The zero-order chi connectivity index (χ0) is 25.2. The lowest BCUT2D eigenvalue weighted by Crippen LogP contribution is -2.56. The van der Waals surface area contributed by atoms with Crippen LogP contribution in [0.3, 0.4) is 0 Å². The van der Waals surface area contributed by atoms with Crippen LogP contribution in [0.5, 0.6) is 0 Å². The Hall–Kier alpha value is -4.21. The van der Waals surface area contributed by atoms with Gasteiger partial charge in [-0.2, -0.15) is 5.10 Å². The van der Waals surface area contributed by atoms with Crippen molar-refractivity contribution in [2.75, 3.05) is 23.8 Å². The largest absolute Gasteiger partial charge is 0.356 e. The number of carbonyl (C=O) groups excluding carboxylic acids is 1. The van der Waals surface area contributed by atoms with Gasteiger partial charge in [-0.1, -0.05) is 48.5 Å². The first-order chi connectivity index (χ1) is 17.4. The summed E-state index contributed by atoms with van der Waals surface area (Å²) in [6, 6.07) is 23.3. The summed E-state index contributed by atoms with van der Waals surface area (Å²) in [5, 5.41) is 19.0. The second-order valence-corrected chi connectivity index (χ2v) is 9.00. The van der Waals surface area contributed by atoms with Gasteiger partial charge in [0.05, 0.1) is 12.2 Å². The number of nitrogens with zero attached hydrogens (tertiary/aromatic N) is 5. The second-order valence-electron chi connectivity index (χ2n) is 9.00. The first-order valence-electron chi connectivity index (χ1n) is 11.8. The highest BCUT2D eigenvalue weighted by molar-refractivity contribution is 6.06. The molecule has 2 aromatic carbocycles. The lowest BCUT2D eigenvalue weighted by atomic mass is 10.1. The summed E-state index contributed by atoms with van der Waals surface area (Å²) in [5.41, 5.74) is 10.2. The Bertz CT molecular complexity index is 1340. The molecular weight excluding hydrogens is 454 g/mol. The van der Waals surface area contributed by atoms with E-state index in [0.29, 0.717) is 30.3 Å². The zero-order valence-corrected chi connectivity index (χ0v) is 20.2. The van der Waals surface area contributed by atoms with E-state index >= 15 is 0 Å². The number of aliphatic hydroxyl groups is 1. The van der Waals surface area contributed by atoms with E-state index in [1.807, 2.05) is 79.7 Å². The number of nitrogens with one attached hydrogen (secondary N) is 1. The molecule has 2 atom stereocenters. The van der Waals surface area contributed by atoms with Crippen LogP contribution in [-0.2, 0) is 6.54 Å². The van der Waals surface area contributed by atoms with Crippen LogP contribution < -0.4 is 16.0 Å².